The molecule has 0 spiro atoms. The average molecular weight is 336 g/mol. The van der Waals surface area contributed by atoms with Crippen molar-refractivity contribution in [2.45, 2.75) is 32.3 Å². The fraction of sp³-hybridized carbons (Fsp3) is 0.333. The molecule has 128 valence electrons. The van der Waals surface area contributed by atoms with Crippen LogP contribution >= 0.6 is 0 Å². The van der Waals surface area contributed by atoms with Crippen molar-refractivity contribution in [1.82, 2.24) is 0 Å². The summed E-state index contributed by atoms with van der Waals surface area (Å²) in [7, 11) is 0. The van der Waals surface area contributed by atoms with E-state index in [1.165, 1.54) is 0 Å². The smallest absolute Gasteiger partial charge is 0.329 e. The Morgan fingerprint density at radius 3 is 2.84 bits per heavy atom. The first-order valence-corrected chi connectivity index (χ1v) is 8.67. The lowest BCUT2D eigenvalue weighted by molar-refractivity contribution is -0.147. The number of hydrogen-bond donors (Lipinski definition) is 1. The van der Waals surface area contributed by atoms with Crippen LogP contribution < -0.4 is 0 Å². The van der Waals surface area contributed by atoms with Crippen LogP contribution in [-0.4, -0.2) is 23.5 Å². The molecule has 0 heterocycles. The molecular formula is C21H20O4. The van der Waals surface area contributed by atoms with Gasteiger partial charge in [-0.25, -0.2) is 4.79 Å². The molecule has 0 amide bonds. The molecule has 2 atom stereocenters. The highest BCUT2D eigenvalue weighted by Crippen LogP contribution is 2.62. The number of carbonyl (C=O) groups is 2. The van der Waals surface area contributed by atoms with Gasteiger partial charge in [0.05, 0.1) is 6.10 Å². The largest absolute Gasteiger partial charge is 0.480 e. The highest BCUT2D eigenvalue weighted by Gasteiger charge is 2.51. The van der Waals surface area contributed by atoms with Crippen LogP contribution in [0.1, 0.15) is 43.4 Å². The zero-order valence-corrected chi connectivity index (χ0v) is 14.1. The van der Waals surface area contributed by atoms with Crippen molar-refractivity contribution in [1.29, 1.82) is 0 Å². The topological polar surface area (TPSA) is 63.6 Å². The van der Waals surface area contributed by atoms with Gasteiger partial charge in [-0.1, -0.05) is 43.3 Å². The van der Waals surface area contributed by atoms with Crippen LogP contribution in [0.4, 0.5) is 0 Å². The molecule has 2 aliphatic rings. The van der Waals surface area contributed by atoms with E-state index in [4.69, 9.17) is 9.84 Å². The molecule has 0 aromatic heterocycles. The molecule has 0 aliphatic heterocycles. The van der Waals surface area contributed by atoms with E-state index in [0.717, 1.165) is 33.9 Å². The Morgan fingerprint density at radius 1 is 1.28 bits per heavy atom. The van der Waals surface area contributed by atoms with Gasteiger partial charge < -0.3 is 9.84 Å². The highest BCUT2D eigenvalue weighted by molar-refractivity contribution is 6.07. The van der Waals surface area contributed by atoms with Gasteiger partial charge in [-0.2, -0.15) is 0 Å². The number of carboxylic acid groups (broad SMARTS) is 1. The number of fused-ring (bicyclic) bond motifs is 5. The summed E-state index contributed by atoms with van der Waals surface area (Å²) in [6, 6.07) is 12.2. The predicted octanol–water partition coefficient (Wildman–Crippen LogP) is 4.14. The normalized spacial score (nSPS) is 24.8. The summed E-state index contributed by atoms with van der Waals surface area (Å²) in [6.45, 7) is 1.76. The maximum Gasteiger partial charge on any atom is 0.329 e. The molecule has 4 heteroatoms. The first-order chi connectivity index (χ1) is 12.1. The monoisotopic (exact) mass is 336 g/mol. The summed E-state index contributed by atoms with van der Waals surface area (Å²) in [5.41, 5.74) is 2.76. The van der Waals surface area contributed by atoms with Crippen molar-refractivity contribution < 1.29 is 19.4 Å². The summed E-state index contributed by atoms with van der Waals surface area (Å²) < 4.78 is 5.89. The highest BCUT2D eigenvalue weighted by atomic mass is 16.5. The molecular weight excluding hydrogens is 316 g/mol. The predicted molar refractivity (Wildman–Crippen MR) is 95.2 cm³/mol. The van der Waals surface area contributed by atoms with Crippen LogP contribution in [0.25, 0.3) is 16.3 Å². The lowest BCUT2D eigenvalue weighted by Gasteiger charge is -2.38. The molecule has 2 aliphatic carbocycles. The molecule has 1 N–H and O–H groups in total. The second kappa shape index (κ2) is 5.81. The van der Waals surface area contributed by atoms with Crippen molar-refractivity contribution in [3.63, 3.8) is 0 Å². The van der Waals surface area contributed by atoms with Gasteiger partial charge in [-0.05, 0) is 46.4 Å². The maximum absolute atomic E-state index is 12.2. The lowest BCUT2D eigenvalue weighted by atomic mass is 9.69. The molecule has 0 bridgehead atoms. The number of ketones is 1. The van der Waals surface area contributed by atoms with Crippen molar-refractivity contribution in [3.05, 3.63) is 53.6 Å². The molecule has 4 nitrogen and oxygen atoms in total. The van der Waals surface area contributed by atoms with Crippen LogP contribution in [0.5, 0.6) is 0 Å². The van der Waals surface area contributed by atoms with Crippen LogP contribution in [0.2, 0.25) is 0 Å². The van der Waals surface area contributed by atoms with Gasteiger partial charge in [0.25, 0.3) is 0 Å². The molecule has 2 aromatic rings. The summed E-state index contributed by atoms with van der Waals surface area (Å²) in [4.78, 5) is 23.3. The maximum atomic E-state index is 12.2. The fourth-order valence-corrected chi connectivity index (χ4v) is 4.51. The van der Waals surface area contributed by atoms with Gasteiger partial charge in [0.1, 0.15) is 6.61 Å². The second-order valence-corrected chi connectivity index (χ2v) is 6.87. The van der Waals surface area contributed by atoms with Gasteiger partial charge in [0, 0.05) is 11.8 Å². The Balaban J connectivity index is 1.98. The average Bonchev–Trinajstić information content (AvgIpc) is 2.90. The van der Waals surface area contributed by atoms with E-state index in [2.05, 4.69) is 19.1 Å². The van der Waals surface area contributed by atoms with Gasteiger partial charge in [0.15, 0.2) is 5.78 Å². The summed E-state index contributed by atoms with van der Waals surface area (Å²) >= 11 is 0. The molecule has 0 fully saturated rings. The van der Waals surface area contributed by atoms with E-state index in [1.807, 2.05) is 24.3 Å². The standard InChI is InChI=1S/C21H20O4/c1-2-21-10-9-14(22)11-17(21)19-15-6-4-3-5-13(15)7-8-16(19)20(21)25-12-18(23)24/h3-8,11,20H,2,9-10,12H2,1H3,(H,23,24). The molecule has 0 saturated carbocycles. The first kappa shape index (κ1) is 16.0. The third kappa shape index (κ3) is 2.32. The van der Waals surface area contributed by atoms with Crippen molar-refractivity contribution in [2.75, 3.05) is 6.61 Å². The quantitative estimate of drug-likeness (QED) is 0.911. The molecule has 0 saturated heterocycles. The first-order valence-electron chi connectivity index (χ1n) is 8.67. The van der Waals surface area contributed by atoms with Gasteiger partial charge >= 0.3 is 5.97 Å². The van der Waals surface area contributed by atoms with Crippen LogP contribution in [0, 0.1) is 5.41 Å². The molecule has 4 rings (SSSR count). The molecule has 2 aromatic carbocycles. The minimum Gasteiger partial charge on any atom is -0.480 e. The van der Waals surface area contributed by atoms with E-state index < -0.39 is 5.97 Å². The minimum atomic E-state index is -0.974. The minimum absolute atomic E-state index is 0.136. The van der Waals surface area contributed by atoms with E-state index >= 15 is 0 Å². The van der Waals surface area contributed by atoms with Gasteiger partial charge in [-0.15, -0.1) is 0 Å². The van der Waals surface area contributed by atoms with E-state index in [0.29, 0.717) is 12.8 Å². The zero-order chi connectivity index (χ0) is 17.6. The summed E-state index contributed by atoms with van der Waals surface area (Å²) in [5, 5.41) is 11.3. The number of ether oxygens (including phenoxy) is 1. The summed E-state index contributed by atoms with van der Waals surface area (Å²) in [6.07, 6.45) is 3.42. The number of hydrogen-bond acceptors (Lipinski definition) is 3. The molecule has 25 heavy (non-hydrogen) atoms. The summed E-state index contributed by atoms with van der Waals surface area (Å²) in [5.74, 6) is -0.838. The number of aliphatic carboxylic acids is 1. The van der Waals surface area contributed by atoms with E-state index in [9.17, 15) is 9.59 Å². The van der Waals surface area contributed by atoms with E-state index in [-0.39, 0.29) is 23.9 Å². The Morgan fingerprint density at radius 2 is 2.08 bits per heavy atom. The Labute approximate surface area is 146 Å². The number of rotatable bonds is 4. The molecule has 0 radical (unpaired) electrons. The second-order valence-electron chi connectivity index (χ2n) is 6.87. The van der Waals surface area contributed by atoms with Crippen LogP contribution in [-0.2, 0) is 14.3 Å². The number of benzene rings is 2. The van der Waals surface area contributed by atoms with Crippen LogP contribution in [0.3, 0.4) is 0 Å². The zero-order valence-electron chi connectivity index (χ0n) is 14.1. The van der Waals surface area contributed by atoms with E-state index in [1.54, 1.807) is 6.08 Å². The van der Waals surface area contributed by atoms with Crippen molar-refractivity contribution in [3.8, 4) is 0 Å². The number of carbonyl (C=O) groups excluding carboxylic acids is 1. The van der Waals surface area contributed by atoms with Gasteiger partial charge in [0.2, 0.25) is 0 Å². The third-order valence-electron chi connectivity index (χ3n) is 5.68. The fourth-order valence-electron chi connectivity index (χ4n) is 4.51. The molecule has 2 unspecified atom stereocenters. The van der Waals surface area contributed by atoms with Crippen molar-refractivity contribution in [2.24, 2.45) is 5.41 Å². The van der Waals surface area contributed by atoms with Crippen LogP contribution in [0.15, 0.2) is 42.5 Å². The van der Waals surface area contributed by atoms with Gasteiger partial charge in [-0.3, -0.25) is 4.79 Å². The number of allylic oxidation sites excluding steroid dienone is 1. The SMILES string of the molecule is CCC12CCC(=O)C=C1c1c(ccc3ccccc13)C2OCC(=O)O. The Bertz CT molecular complexity index is 911. The Hall–Kier alpha value is -2.46. The number of carboxylic acids is 1. The lowest BCUT2D eigenvalue weighted by Crippen LogP contribution is -2.31. The van der Waals surface area contributed by atoms with Crippen molar-refractivity contribution >= 4 is 28.1 Å². The third-order valence-corrected chi connectivity index (χ3v) is 5.68. The Kier molecular flexibility index (Phi) is 3.73.